The first-order valence-electron chi connectivity index (χ1n) is 12.2. The molecule has 9 heteroatoms. The minimum atomic E-state index is -1.28. The Morgan fingerprint density at radius 3 is 2.50 bits per heavy atom. The summed E-state index contributed by atoms with van der Waals surface area (Å²) in [7, 11) is 0. The van der Waals surface area contributed by atoms with Crippen LogP contribution >= 0.6 is 27.5 Å². The van der Waals surface area contributed by atoms with Gasteiger partial charge < -0.3 is 14.6 Å². The third-order valence-corrected chi connectivity index (χ3v) is 6.85. The van der Waals surface area contributed by atoms with Gasteiger partial charge in [0, 0.05) is 41.1 Å². The zero-order valence-corrected chi connectivity index (χ0v) is 23.0. The molecule has 0 saturated heterocycles. The molecule has 0 bridgehead atoms. The number of nitrogens with zero attached hydrogens (tertiary/aromatic N) is 1. The highest BCUT2D eigenvalue weighted by Crippen LogP contribution is 2.43. The van der Waals surface area contributed by atoms with E-state index in [0.717, 1.165) is 21.2 Å². The van der Waals surface area contributed by atoms with Crippen molar-refractivity contribution < 1.29 is 19.4 Å². The van der Waals surface area contributed by atoms with E-state index >= 15 is 0 Å². The maximum absolute atomic E-state index is 13.8. The van der Waals surface area contributed by atoms with Gasteiger partial charge in [0.05, 0.1) is 6.61 Å². The normalized spacial score (nSPS) is 18.4. The summed E-state index contributed by atoms with van der Waals surface area (Å²) in [6, 6.07) is 22.3. The number of benzene rings is 3. The summed E-state index contributed by atoms with van der Waals surface area (Å²) < 4.78 is 12.9. The van der Waals surface area contributed by atoms with Crippen LogP contribution in [0.3, 0.4) is 0 Å². The van der Waals surface area contributed by atoms with E-state index in [1.165, 1.54) is 0 Å². The van der Waals surface area contributed by atoms with E-state index < -0.39 is 11.6 Å². The van der Waals surface area contributed by atoms with Crippen molar-refractivity contribution in [2.24, 2.45) is 4.99 Å². The largest absolute Gasteiger partial charge is 0.494 e. The smallest absolute Gasteiger partial charge is 0.266 e. The highest BCUT2D eigenvalue weighted by atomic mass is 79.9. The molecule has 3 aromatic carbocycles. The van der Waals surface area contributed by atoms with Gasteiger partial charge in [0.15, 0.2) is 11.6 Å². The summed E-state index contributed by atoms with van der Waals surface area (Å²) in [4.78, 5) is 18.6. The minimum absolute atomic E-state index is 0.0716. The molecule has 0 radical (unpaired) electrons. The van der Waals surface area contributed by atoms with Crippen LogP contribution in [0.5, 0.6) is 5.75 Å². The highest BCUT2D eigenvalue weighted by Gasteiger charge is 2.52. The number of hydrogen-bond acceptors (Lipinski definition) is 6. The highest BCUT2D eigenvalue weighted by molar-refractivity contribution is 9.10. The number of halogens is 2. The van der Waals surface area contributed by atoms with Crippen LogP contribution in [0, 0.1) is 0 Å². The van der Waals surface area contributed by atoms with Crippen molar-refractivity contribution in [3.8, 4) is 5.75 Å². The fourth-order valence-electron chi connectivity index (χ4n) is 4.11. The van der Waals surface area contributed by atoms with Gasteiger partial charge in [-0.2, -0.15) is 0 Å². The number of ether oxygens (including phenoxy) is 2. The van der Waals surface area contributed by atoms with Crippen LogP contribution in [0.4, 0.5) is 0 Å². The number of aliphatic hydroxyl groups is 1. The molecule has 1 aliphatic rings. The predicted molar refractivity (Wildman–Crippen MR) is 152 cm³/mol. The second kappa shape index (κ2) is 13.1. The molecule has 4 rings (SSSR count). The van der Waals surface area contributed by atoms with Crippen LogP contribution in [0.15, 0.2) is 94.9 Å². The van der Waals surface area contributed by atoms with Crippen LogP contribution < -0.4 is 15.6 Å². The fraction of sp³-hybridized carbons (Fsp3) is 0.241. The van der Waals surface area contributed by atoms with Crippen LogP contribution in [0.2, 0.25) is 5.02 Å². The van der Waals surface area contributed by atoms with Crippen molar-refractivity contribution in [3.63, 3.8) is 0 Å². The Labute approximate surface area is 235 Å². The van der Waals surface area contributed by atoms with Gasteiger partial charge in [-0.15, -0.1) is 6.58 Å². The first-order chi connectivity index (χ1) is 18.4. The molecule has 198 valence electrons. The maximum Gasteiger partial charge on any atom is 0.266 e. The van der Waals surface area contributed by atoms with Crippen molar-refractivity contribution in [1.29, 1.82) is 0 Å². The third kappa shape index (κ3) is 6.63. The Balaban J connectivity index is 1.60. The van der Waals surface area contributed by atoms with Crippen molar-refractivity contribution >= 4 is 39.3 Å². The Morgan fingerprint density at radius 1 is 1.13 bits per heavy atom. The van der Waals surface area contributed by atoms with E-state index in [0.29, 0.717) is 36.2 Å². The summed E-state index contributed by atoms with van der Waals surface area (Å²) in [5.74, 6) is 0.694. The summed E-state index contributed by atoms with van der Waals surface area (Å²) >= 11 is 9.45. The Morgan fingerprint density at radius 2 is 1.84 bits per heavy atom. The van der Waals surface area contributed by atoms with Gasteiger partial charge >= 0.3 is 0 Å². The zero-order chi connectivity index (χ0) is 27.0. The monoisotopic (exact) mass is 597 g/mol. The van der Waals surface area contributed by atoms with Gasteiger partial charge in [-0.1, -0.05) is 57.9 Å². The topological polar surface area (TPSA) is 92.2 Å². The molecule has 0 saturated carbocycles. The van der Waals surface area contributed by atoms with Crippen LogP contribution in [-0.2, 0) is 16.1 Å². The lowest BCUT2D eigenvalue weighted by Gasteiger charge is -2.29. The average molecular weight is 599 g/mol. The van der Waals surface area contributed by atoms with Crippen molar-refractivity contribution in [1.82, 2.24) is 10.9 Å². The molecule has 0 aliphatic carbocycles. The minimum Gasteiger partial charge on any atom is -0.494 e. The van der Waals surface area contributed by atoms with E-state index in [9.17, 15) is 4.79 Å². The number of aliphatic imine (C=N–C) groups is 1. The van der Waals surface area contributed by atoms with E-state index in [-0.39, 0.29) is 18.9 Å². The quantitative estimate of drug-likeness (QED) is 0.145. The van der Waals surface area contributed by atoms with E-state index in [2.05, 4.69) is 33.4 Å². The van der Waals surface area contributed by atoms with Crippen molar-refractivity contribution in [3.05, 3.63) is 112 Å². The second-order valence-corrected chi connectivity index (χ2v) is 10.1. The molecule has 7 nitrogen and oxygen atoms in total. The molecule has 0 fully saturated rings. The van der Waals surface area contributed by atoms with Gasteiger partial charge in [-0.05, 0) is 59.7 Å². The molecule has 3 N–H and O–H groups in total. The first-order valence-corrected chi connectivity index (χ1v) is 13.4. The second-order valence-electron chi connectivity index (χ2n) is 8.77. The fourth-order valence-corrected chi connectivity index (χ4v) is 4.50. The van der Waals surface area contributed by atoms with Gasteiger partial charge in [-0.3, -0.25) is 10.2 Å². The number of rotatable bonds is 12. The van der Waals surface area contributed by atoms with E-state index in [1.54, 1.807) is 18.2 Å². The summed E-state index contributed by atoms with van der Waals surface area (Å²) in [6.45, 7) is 4.80. The molecule has 38 heavy (non-hydrogen) atoms. The predicted octanol–water partition coefficient (Wildman–Crippen LogP) is 5.52. The number of aliphatic hydroxyl groups excluding tert-OH is 1. The number of hydrogen-bond donors (Lipinski definition) is 3. The Hall–Kier alpha value is -3.17. The van der Waals surface area contributed by atoms with Gasteiger partial charge in [-0.25, -0.2) is 10.4 Å². The average Bonchev–Trinajstić information content (AvgIpc) is 3.31. The number of carbonyl (C=O) groups is 1. The maximum atomic E-state index is 13.8. The molecule has 1 amide bonds. The van der Waals surface area contributed by atoms with Crippen molar-refractivity contribution in [2.45, 2.75) is 31.0 Å². The summed E-state index contributed by atoms with van der Waals surface area (Å²) in [5, 5.41) is 9.61. The molecular weight excluding hydrogens is 570 g/mol. The number of hydrazine groups is 1. The lowest BCUT2D eigenvalue weighted by Crippen LogP contribution is -2.52. The summed E-state index contributed by atoms with van der Waals surface area (Å²) in [5.41, 5.74) is 7.04. The molecule has 3 aromatic rings. The molecular formula is C29H29BrClN3O4. The molecule has 1 heterocycles. The van der Waals surface area contributed by atoms with Gasteiger partial charge in [0.1, 0.15) is 5.75 Å². The summed E-state index contributed by atoms with van der Waals surface area (Å²) in [6.07, 6.45) is 1.81. The van der Waals surface area contributed by atoms with E-state index in [1.807, 2.05) is 60.7 Å². The van der Waals surface area contributed by atoms with Crippen LogP contribution in [-0.4, -0.2) is 35.7 Å². The van der Waals surface area contributed by atoms with Gasteiger partial charge in [0.25, 0.3) is 5.91 Å². The Kier molecular flexibility index (Phi) is 9.58. The third-order valence-electron chi connectivity index (χ3n) is 6.07. The molecule has 0 unspecified atom stereocenters. The standard InChI is InChI=1S/C29H29BrClN3O4/c1-2-16-29(28(36)34-32-19-20-4-12-24(31)13-5-20)26(21-6-10-23(30)11-7-21)38-27(33-29)22-8-14-25(15-9-22)37-18-3-17-35/h2,4-15,26,32,35H,1,3,16-19H2,(H,34,36)/t26-,29-/m0/s1. The molecule has 0 spiro atoms. The van der Waals surface area contributed by atoms with Gasteiger partial charge in [0.2, 0.25) is 5.90 Å². The SMILES string of the molecule is C=CC[C@]1(C(=O)NNCc2ccc(Cl)cc2)N=C(c2ccc(OCCCO)cc2)O[C@H]1c1ccc(Br)cc1. The first kappa shape index (κ1) is 27.9. The Bertz CT molecular complexity index is 1270. The number of amides is 1. The van der Waals surface area contributed by atoms with Crippen LogP contribution in [0.1, 0.15) is 35.6 Å². The van der Waals surface area contributed by atoms with Crippen molar-refractivity contribution in [2.75, 3.05) is 13.2 Å². The zero-order valence-electron chi connectivity index (χ0n) is 20.7. The molecule has 0 aromatic heterocycles. The number of nitrogens with one attached hydrogen (secondary N) is 2. The van der Waals surface area contributed by atoms with Crippen LogP contribution in [0.25, 0.3) is 0 Å². The lowest BCUT2D eigenvalue weighted by molar-refractivity contribution is -0.129. The number of carbonyl (C=O) groups excluding carboxylic acids is 1. The molecule has 2 atom stereocenters. The lowest BCUT2D eigenvalue weighted by atomic mass is 9.84. The van der Waals surface area contributed by atoms with E-state index in [4.69, 9.17) is 31.2 Å². The molecule has 1 aliphatic heterocycles.